The lowest BCUT2D eigenvalue weighted by Crippen LogP contribution is -2.59. The number of rotatable bonds is 5. The van der Waals surface area contributed by atoms with Crippen molar-refractivity contribution < 1.29 is 19.1 Å². The Morgan fingerprint density at radius 1 is 1.24 bits per heavy atom. The highest BCUT2D eigenvalue weighted by Crippen LogP contribution is 2.34. The van der Waals surface area contributed by atoms with Gasteiger partial charge in [-0.05, 0) is 39.0 Å². The fourth-order valence-corrected chi connectivity index (χ4v) is 4.84. The van der Waals surface area contributed by atoms with Gasteiger partial charge in [0.15, 0.2) is 5.69 Å². The molecule has 1 N–H and O–H groups in total. The molecule has 4 rings (SSSR count). The van der Waals surface area contributed by atoms with Crippen LogP contribution in [0.2, 0.25) is 0 Å². The van der Waals surface area contributed by atoms with Crippen LogP contribution < -0.4 is 5.32 Å². The predicted octanol–water partition coefficient (Wildman–Crippen LogP) is 0.647. The number of ether oxygens (including phenoxy) is 1. The average molecular weight is 403 g/mol. The van der Waals surface area contributed by atoms with E-state index in [0.717, 1.165) is 32.1 Å². The standard InChI is InChI=1S/C20H29N5O4/c1-3-29-12-18(26)25-14-5-4-6-15(25)10-13(9-14)21-19(27)16-11-17-20(28)23(2)7-8-24(17)22-16/h11,13-15H,3-10,12H2,1-2H3,(H,21,27)/t13?,14-,15+. The Balaban J connectivity index is 1.41. The van der Waals surface area contributed by atoms with E-state index in [1.54, 1.807) is 22.7 Å². The SMILES string of the molecule is CCOCC(=O)N1[C@@H]2CCC[C@H]1CC(NC(=O)c1cc3n(n1)CCN(C)C3=O)C2. The zero-order valence-corrected chi connectivity index (χ0v) is 17.1. The van der Waals surface area contributed by atoms with Crippen molar-refractivity contribution in [3.63, 3.8) is 0 Å². The number of nitrogens with zero attached hydrogens (tertiary/aromatic N) is 4. The molecule has 29 heavy (non-hydrogen) atoms. The lowest BCUT2D eigenvalue weighted by atomic mass is 9.81. The van der Waals surface area contributed by atoms with E-state index >= 15 is 0 Å². The molecule has 158 valence electrons. The molecule has 2 bridgehead atoms. The number of carbonyl (C=O) groups is 3. The maximum atomic E-state index is 12.8. The van der Waals surface area contributed by atoms with Gasteiger partial charge in [-0.3, -0.25) is 19.1 Å². The summed E-state index contributed by atoms with van der Waals surface area (Å²) in [6.45, 7) is 3.72. The molecule has 1 aromatic rings. The maximum Gasteiger partial charge on any atom is 0.272 e. The van der Waals surface area contributed by atoms with E-state index in [2.05, 4.69) is 10.4 Å². The Bertz CT molecular complexity index is 793. The Morgan fingerprint density at radius 2 is 1.97 bits per heavy atom. The first-order valence-corrected chi connectivity index (χ1v) is 10.5. The number of amides is 3. The zero-order valence-electron chi connectivity index (χ0n) is 17.1. The highest BCUT2D eigenvalue weighted by atomic mass is 16.5. The van der Waals surface area contributed by atoms with Crippen molar-refractivity contribution in [1.82, 2.24) is 24.9 Å². The number of hydrogen-bond donors (Lipinski definition) is 1. The summed E-state index contributed by atoms with van der Waals surface area (Å²) in [6, 6.07) is 1.87. The van der Waals surface area contributed by atoms with Crippen molar-refractivity contribution in [2.45, 2.75) is 63.7 Å². The number of nitrogens with one attached hydrogen (secondary N) is 1. The van der Waals surface area contributed by atoms with E-state index < -0.39 is 0 Å². The first-order valence-electron chi connectivity index (χ1n) is 10.5. The minimum absolute atomic E-state index is 0.00560. The van der Waals surface area contributed by atoms with Gasteiger partial charge in [0, 0.05) is 44.4 Å². The minimum Gasteiger partial charge on any atom is -0.372 e. The first-order chi connectivity index (χ1) is 14.0. The summed E-state index contributed by atoms with van der Waals surface area (Å²) in [5, 5.41) is 7.42. The number of aromatic nitrogens is 2. The molecule has 2 saturated heterocycles. The third-order valence-corrected chi connectivity index (χ3v) is 6.25. The van der Waals surface area contributed by atoms with Crippen molar-refractivity contribution in [1.29, 1.82) is 0 Å². The number of fused-ring (bicyclic) bond motifs is 3. The van der Waals surface area contributed by atoms with Crippen LogP contribution in [-0.4, -0.2) is 82.2 Å². The molecule has 1 aromatic heterocycles. The van der Waals surface area contributed by atoms with E-state index in [9.17, 15) is 14.4 Å². The molecule has 4 heterocycles. The Morgan fingerprint density at radius 3 is 2.66 bits per heavy atom. The van der Waals surface area contributed by atoms with Crippen molar-refractivity contribution in [3.05, 3.63) is 17.5 Å². The fraction of sp³-hybridized carbons (Fsp3) is 0.700. The Labute approximate surface area is 170 Å². The molecule has 3 atom stereocenters. The minimum atomic E-state index is -0.250. The van der Waals surface area contributed by atoms with Crippen LogP contribution in [-0.2, 0) is 16.1 Å². The zero-order chi connectivity index (χ0) is 20.5. The topological polar surface area (TPSA) is 96.8 Å². The molecule has 9 heteroatoms. The highest BCUT2D eigenvalue weighted by molar-refractivity contribution is 5.98. The van der Waals surface area contributed by atoms with Gasteiger partial charge in [-0.15, -0.1) is 0 Å². The van der Waals surface area contributed by atoms with Crippen molar-refractivity contribution in [2.75, 3.05) is 26.8 Å². The van der Waals surface area contributed by atoms with Crippen LogP contribution in [0.5, 0.6) is 0 Å². The van der Waals surface area contributed by atoms with Crippen LogP contribution in [0.3, 0.4) is 0 Å². The average Bonchev–Trinajstić information content (AvgIpc) is 3.13. The fourth-order valence-electron chi connectivity index (χ4n) is 4.84. The second-order valence-electron chi connectivity index (χ2n) is 8.18. The van der Waals surface area contributed by atoms with E-state index in [4.69, 9.17) is 4.74 Å². The third-order valence-electron chi connectivity index (χ3n) is 6.25. The molecule has 0 aromatic carbocycles. The molecule has 2 fully saturated rings. The van der Waals surface area contributed by atoms with Gasteiger partial charge >= 0.3 is 0 Å². The maximum absolute atomic E-state index is 12.8. The van der Waals surface area contributed by atoms with E-state index in [-0.39, 0.29) is 48.1 Å². The van der Waals surface area contributed by atoms with Crippen LogP contribution in [0.25, 0.3) is 0 Å². The molecule has 0 radical (unpaired) electrons. The van der Waals surface area contributed by atoms with Crippen molar-refractivity contribution in [2.24, 2.45) is 0 Å². The van der Waals surface area contributed by atoms with E-state index in [1.807, 2.05) is 11.8 Å². The summed E-state index contributed by atoms with van der Waals surface area (Å²) in [5.74, 6) is -0.311. The lowest BCUT2D eigenvalue weighted by molar-refractivity contribution is -0.146. The summed E-state index contributed by atoms with van der Waals surface area (Å²) < 4.78 is 6.93. The third kappa shape index (κ3) is 3.88. The van der Waals surface area contributed by atoms with Gasteiger partial charge in [-0.1, -0.05) is 0 Å². The van der Waals surface area contributed by atoms with Gasteiger partial charge in [-0.2, -0.15) is 5.10 Å². The molecule has 3 aliphatic rings. The largest absolute Gasteiger partial charge is 0.372 e. The van der Waals surface area contributed by atoms with Gasteiger partial charge in [0.1, 0.15) is 12.3 Å². The van der Waals surface area contributed by atoms with Crippen LogP contribution in [0.15, 0.2) is 6.07 Å². The molecule has 0 aliphatic carbocycles. The smallest absolute Gasteiger partial charge is 0.272 e. The second kappa shape index (κ2) is 8.14. The van der Waals surface area contributed by atoms with Gasteiger partial charge in [0.2, 0.25) is 5.91 Å². The molecule has 0 spiro atoms. The molecule has 3 aliphatic heterocycles. The number of hydrogen-bond acceptors (Lipinski definition) is 5. The molecule has 9 nitrogen and oxygen atoms in total. The van der Waals surface area contributed by atoms with Gasteiger partial charge in [-0.25, -0.2) is 0 Å². The summed E-state index contributed by atoms with van der Waals surface area (Å²) >= 11 is 0. The normalized spacial score (nSPS) is 26.3. The summed E-state index contributed by atoms with van der Waals surface area (Å²) in [5.41, 5.74) is 0.737. The van der Waals surface area contributed by atoms with Crippen LogP contribution in [0.4, 0.5) is 0 Å². The van der Waals surface area contributed by atoms with Gasteiger partial charge in [0.05, 0.1) is 6.54 Å². The van der Waals surface area contributed by atoms with E-state index in [1.165, 1.54) is 0 Å². The molecule has 3 amide bonds. The van der Waals surface area contributed by atoms with Gasteiger partial charge < -0.3 is 19.9 Å². The number of piperidine rings is 2. The molecular formula is C20H29N5O4. The monoisotopic (exact) mass is 403 g/mol. The summed E-state index contributed by atoms with van der Waals surface area (Å²) in [6.07, 6.45) is 4.52. The molecular weight excluding hydrogens is 374 g/mol. The second-order valence-corrected chi connectivity index (χ2v) is 8.18. The molecule has 1 unspecified atom stereocenters. The number of carbonyl (C=O) groups excluding carboxylic acids is 3. The predicted molar refractivity (Wildman–Crippen MR) is 104 cm³/mol. The Kier molecular flexibility index (Phi) is 5.58. The van der Waals surface area contributed by atoms with Crippen LogP contribution in [0.1, 0.15) is 60.0 Å². The highest BCUT2D eigenvalue weighted by Gasteiger charge is 2.41. The number of likely N-dealkylation sites (N-methyl/N-ethyl adjacent to an activating group) is 1. The van der Waals surface area contributed by atoms with Crippen molar-refractivity contribution in [3.8, 4) is 0 Å². The Hall–Kier alpha value is -2.42. The summed E-state index contributed by atoms with van der Waals surface area (Å²) in [7, 11) is 1.75. The lowest BCUT2D eigenvalue weighted by Gasteiger charge is -2.49. The van der Waals surface area contributed by atoms with E-state index in [0.29, 0.717) is 25.4 Å². The van der Waals surface area contributed by atoms with Crippen LogP contribution in [0, 0.1) is 0 Å². The van der Waals surface area contributed by atoms with Crippen LogP contribution >= 0.6 is 0 Å². The quantitative estimate of drug-likeness (QED) is 0.779. The van der Waals surface area contributed by atoms with Gasteiger partial charge in [0.25, 0.3) is 11.8 Å². The summed E-state index contributed by atoms with van der Waals surface area (Å²) in [4.78, 5) is 41.2. The molecule has 0 saturated carbocycles. The van der Waals surface area contributed by atoms with Crippen molar-refractivity contribution >= 4 is 17.7 Å². The first kappa shape index (κ1) is 19.9.